The van der Waals surface area contributed by atoms with Gasteiger partial charge in [-0.2, -0.15) is 0 Å². The summed E-state index contributed by atoms with van der Waals surface area (Å²) in [6, 6.07) is 0. The normalized spacial score (nSPS) is 11.6. The van der Waals surface area contributed by atoms with Gasteiger partial charge in [0, 0.05) is 12.4 Å². The summed E-state index contributed by atoms with van der Waals surface area (Å²) in [5, 5.41) is 4.21. The van der Waals surface area contributed by atoms with Crippen LogP contribution in [0.1, 0.15) is 65.2 Å². The largest absolute Gasteiger partial charge is 0.265 e. The molecular weight excluding hydrogens is 182 g/mol. The molecule has 1 nitrogen and oxygen atoms in total. The molecule has 87 valence electrons. The lowest BCUT2D eigenvalue weighted by Gasteiger charge is -1.92. The summed E-state index contributed by atoms with van der Waals surface area (Å²) in [7, 11) is 0. The fourth-order valence-electron chi connectivity index (χ4n) is 1.34. The summed E-state index contributed by atoms with van der Waals surface area (Å²) in [6.07, 6.45) is 18.3. The fourth-order valence-corrected chi connectivity index (χ4v) is 1.34. The highest BCUT2D eigenvalue weighted by molar-refractivity contribution is 4.87. The second kappa shape index (κ2) is 13.3. The molecule has 0 fully saturated rings. The monoisotopic (exact) mass is 208 g/mol. The van der Waals surface area contributed by atoms with Gasteiger partial charge in [0.25, 0.3) is 0 Å². The molecule has 1 radical (unpaired) electrons. The Hall–Kier alpha value is -0.720. The third-order valence-corrected chi connectivity index (χ3v) is 2.33. The summed E-state index contributed by atoms with van der Waals surface area (Å²) >= 11 is 0. The SMILES string of the molecule is CCCCCC=C[N]C=CCCCCC. The van der Waals surface area contributed by atoms with Crippen LogP contribution in [0.2, 0.25) is 0 Å². The first-order chi connectivity index (χ1) is 7.41. The fraction of sp³-hybridized carbons (Fsp3) is 0.714. The van der Waals surface area contributed by atoms with Gasteiger partial charge in [0.15, 0.2) is 0 Å². The molecule has 0 saturated heterocycles. The van der Waals surface area contributed by atoms with E-state index in [9.17, 15) is 0 Å². The Morgan fingerprint density at radius 2 is 1.20 bits per heavy atom. The van der Waals surface area contributed by atoms with Gasteiger partial charge in [-0.05, 0) is 25.7 Å². The van der Waals surface area contributed by atoms with Gasteiger partial charge in [0.2, 0.25) is 0 Å². The van der Waals surface area contributed by atoms with Crippen molar-refractivity contribution < 1.29 is 0 Å². The molecule has 0 bridgehead atoms. The minimum Gasteiger partial charge on any atom is -0.265 e. The zero-order valence-electron chi connectivity index (χ0n) is 10.4. The van der Waals surface area contributed by atoms with E-state index in [0.29, 0.717) is 0 Å². The number of hydrogen-bond donors (Lipinski definition) is 0. The van der Waals surface area contributed by atoms with Crippen molar-refractivity contribution in [1.82, 2.24) is 5.32 Å². The lowest BCUT2D eigenvalue weighted by molar-refractivity contribution is 0.725. The van der Waals surface area contributed by atoms with Crippen LogP contribution < -0.4 is 5.32 Å². The predicted octanol–water partition coefficient (Wildman–Crippen LogP) is 4.78. The molecule has 0 aliphatic carbocycles. The van der Waals surface area contributed by atoms with Crippen molar-refractivity contribution in [3.63, 3.8) is 0 Å². The summed E-state index contributed by atoms with van der Waals surface area (Å²) < 4.78 is 0. The molecule has 0 saturated carbocycles. The van der Waals surface area contributed by atoms with E-state index in [0.717, 1.165) is 0 Å². The Bertz CT molecular complexity index is 141. The first-order valence-electron chi connectivity index (χ1n) is 6.41. The second-order valence-electron chi connectivity index (χ2n) is 3.91. The topological polar surface area (TPSA) is 14.1 Å². The van der Waals surface area contributed by atoms with Gasteiger partial charge >= 0.3 is 0 Å². The van der Waals surface area contributed by atoms with Gasteiger partial charge in [0.05, 0.1) is 0 Å². The number of hydrogen-bond acceptors (Lipinski definition) is 0. The molecule has 0 heterocycles. The van der Waals surface area contributed by atoms with Crippen molar-refractivity contribution in [2.45, 2.75) is 65.2 Å². The van der Waals surface area contributed by atoms with Crippen molar-refractivity contribution in [3.8, 4) is 0 Å². The van der Waals surface area contributed by atoms with Crippen LogP contribution in [0, 0.1) is 0 Å². The molecule has 0 aliphatic heterocycles. The number of rotatable bonds is 10. The Balaban J connectivity index is 3.14. The Kier molecular flexibility index (Phi) is 12.6. The van der Waals surface area contributed by atoms with E-state index in [-0.39, 0.29) is 0 Å². The van der Waals surface area contributed by atoms with Gasteiger partial charge in [-0.25, -0.2) is 0 Å². The summed E-state index contributed by atoms with van der Waals surface area (Å²) in [4.78, 5) is 0. The first kappa shape index (κ1) is 14.3. The van der Waals surface area contributed by atoms with E-state index in [1.807, 2.05) is 12.4 Å². The molecule has 15 heavy (non-hydrogen) atoms. The van der Waals surface area contributed by atoms with E-state index in [1.165, 1.54) is 51.4 Å². The van der Waals surface area contributed by atoms with E-state index >= 15 is 0 Å². The van der Waals surface area contributed by atoms with E-state index in [1.54, 1.807) is 0 Å². The van der Waals surface area contributed by atoms with Crippen LogP contribution in [-0.4, -0.2) is 0 Å². The van der Waals surface area contributed by atoms with Crippen LogP contribution in [0.25, 0.3) is 0 Å². The molecule has 0 aliphatic rings. The van der Waals surface area contributed by atoms with Crippen molar-refractivity contribution in [2.24, 2.45) is 0 Å². The van der Waals surface area contributed by atoms with Crippen LogP contribution in [-0.2, 0) is 0 Å². The maximum Gasteiger partial charge on any atom is 0.0227 e. The van der Waals surface area contributed by atoms with Crippen LogP contribution in [0.15, 0.2) is 24.6 Å². The average molecular weight is 208 g/mol. The van der Waals surface area contributed by atoms with Gasteiger partial charge in [-0.1, -0.05) is 51.7 Å². The van der Waals surface area contributed by atoms with E-state index in [2.05, 4.69) is 31.3 Å². The summed E-state index contributed by atoms with van der Waals surface area (Å²) in [6.45, 7) is 4.46. The molecule has 1 heteroatoms. The van der Waals surface area contributed by atoms with Gasteiger partial charge in [0.1, 0.15) is 0 Å². The van der Waals surface area contributed by atoms with Gasteiger partial charge in [-0.3, -0.25) is 5.32 Å². The van der Waals surface area contributed by atoms with Crippen LogP contribution >= 0.6 is 0 Å². The molecule has 0 amide bonds. The molecule has 0 atom stereocenters. The van der Waals surface area contributed by atoms with Crippen LogP contribution in [0.5, 0.6) is 0 Å². The molecule has 0 aromatic carbocycles. The third-order valence-electron chi connectivity index (χ3n) is 2.33. The minimum absolute atomic E-state index is 1.17. The summed E-state index contributed by atoms with van der Waals surface area (Å²) in [5.74, 6) is 0. The zero-order chi connectivity index (χ0) is 11.2. The van der Waals surface area contributed by atoms with E-state index in [4.69, 9.17) is 0 Å². The molecule has 0 aromatic heterocycles. The second-order valence-corrected chi connectivity index (χ2v) is 3.91. The highest BCUT2D eigenvalue weighted by Gasteiger charge is 1.82. The molecule has 0 spiro atoms. The Morgan fingerprint density at radius 1 is 0.733 bits per heavy atom. The van der Waals surface area contributed by atoms with Crippen LogP contribution in [0.3, 0.4) is 0 Å². The first-order valence-corrected chi connectivity index (χ1v) is 6.41. The number of unbranched alkanes of at least 4 members (excludes halogenated alkanes) is 6. The van der Waals surface area contributed by atoms with Gasteiger partial charge < -0.3 is 0 Å². The molecule has 0 rings (SSSR count). The molecule has 0 N–H and O–H groups in total. The lowest BCUT2D eigenvalue weighted by atomic mass is 10.2. The number of nitrogens with zero attached hydrogens (tertiary/aromatic N) is 1. The zero-order valence-corrected chi connectivity index (χ0v) is 10.4. The third kappa shape index (κ3) is 13.3. The maximum absolute atomic E-state index is 4.21. The standard InChI is InChI=1S/C14H26N/c1-3-5-7-9-11-13-15-14-12-10-8-6-4-2/h11-14H,3-10H2,1-2H3. The summed E-state index contributed by atoms with van der Waals surface area (Å²) in [5.41, 5.74) is 0. The lowest BCUT2D eigenvalue weighted by Crippen LogP contribution is -1.81. The average Bonchev–Trinajstić information content (AvgIpc) is 2.26. The van der Waals surface area contributed by atoms with Gasteiger partial charge in [-0.15, -0.1) is 0 Å². The Labute approximate surface area is 95.7 Å². The Morgan fingerprint density at radius 3 is 1.60 bits per heavy atom. The van der Waals surface area contributed by atoms with Crippen molar-refractivity contribution in [1.29, 1.82) is 0 Å². The predicted molar refractivity (Wildman–Crippen MR) is 68.7 cm³/mol. The highest BCUT2D eigenvalue weighted by Crippen LogP contribution is 2.00. The quantitative estimate of drug-likeness (QED) is 0.459. The van der Waals surface area contributed by atoms with E-state index < -0.39 is 0 Å². The smallest absolute Gasteiger partial charge is 0.0227 e. The van der Waals surface area contributed by atoms with Crippen LogP contribution in [0.4, 0.5) is 0 Å². The highest BCUT2D eigenvalue weighted by atomic mass is 14.8. The molecule has 0 aromatic rings. The number of allylic oxidation sites excluding steroid dienone is 2. The molecular formula is C14H26N. The maximum atomic E-state index is 4.21. The van der Waals surface area contributed by atoms with Crippen molar-refractivity contribution in [3.05, 3.63) is 24.6 Å². The minimum atomic E-state index is 1.17. The molecule has 0 unspecified atom stereocenters. The van der Waals surface area contributed by atoms with Crippen molar-refractivity contribution in [2.75, 3.05) is 0 Å². The van der Waals surface area contributed by atoms with Crippen molar-refractivity contribution >= 4 is 0 Å².